The van der Waals surface area contributed by atoms with Crippen molar-refractivity contribution in [1.29, 1.82) is 0 Å². The van der Waals surface area contributed by atoms with Crippen LogP contribution in [0.3, 0.4) is 0 Å². The second-order valence-electron chi connectivity index (χ2n) is 5.56. The van der Waals surface area contributed by atoms with Crippen molar-refractivity contribution in [3.05, 3.63) is 29.3 Å². The highest BCUT2D eigenvalue weighted by Crippen LogP contribution is 2.27. The molecule has 0 aromatic carbocycles. The van der Waals surface area contributed by atoms with Gasteiger partial charge < -0.3 is 9.26 Å². The molecule has 2 aromatic heterocycles. The van der Waals surface area contributed by atoms with Gasteiger partial charge in [-0.3, -0.25) is 4.98 Å². The zero-order valence-electron chi connectivity index (χ0n) is 11.3. The fourth-order valence-electron chi connectivity index (χ4n) is 2.96. The number of nitrogens with zero attached hydrogens (tertiary/aromatic N) is 3. The molecule has 2 aliphatic rings. The first kappa shape index (κ1) is 12.0. The van der Waals surface area contributed by atoms with Crippen molar-refractivity contribution >= 4 is 0 Å². The number of aromatic nitrogens is 3. The molecule has 5 heteroatoms. The SMILES string of the molecule is c1nc2c(cc1-c1nc(C3CCOC3)no1)CCCC2. The number of hydrogen-bond donors (Lipinski definition) is 0. The van der Waals surface area contributed by atoms with E-state index in [1.165, 1.54) is 24.1 Å². The predicted octanol–water partition coefficient (Wildman–Crippen LogP) is 2.51. The lowest BCUT2D eigenvalue weighted by atomic mass is 9.95. The molecule has 5 nitrogen and oxygen atoms in total. The summed E-state index contributed by atoms with van der Waals surface area (Å²) in [4.78, 5) is 9.06. The lowest BCUT2D eigenvalue weighted by molar-refractivity contribution is 0.192. The van der Waals surface area contributed by atoms with E-state index in [0.717, 1.165) is 37.3 Å². The van der Waals surface area contributed by atoms with Crippen molar-refractivity contribution in [2.24, 2.45) is 0 Å². The normalized spacial score (nSPS) is 21.9. The highest BCUT2D eigenvalue weighted by atomic mass is 16.5. The molecule has 1 aliphatic carbocycles. The Kier molecular flexibility index (Phi) is 2.99. The van der Waals surface area contributed by atoms with Gasteiger partial charge in [-0.2, -0.15) is 4.98 Å². The van der Waals surface area contributed by atoms with E-state index in [9.17, 15) is 0 Å². The summed E-state index contributed by atoms with van der Waals surface area (Å²) in [5.74, 6) is 1.61. The van der Waals surface area contributed by atoms with Crippen LogP contribution in [0.1, 0.15) is 42.3 Å². The van der Waals surface area contributed by atoms with Crippen molar-refractivity contribution < 1.29 is 9.26 Å². The molecule has 20 heavy (non-hydrogen) atoms. The van der Waals surface area contributed by atoms with Gasteiger partial charge in [0, 0.05) is 24.4 Å². The van der Waals surface area contributed by atoms with Crippen LogP contribution in [0.15, 0.2) is 16.8 Å². The first-order valence-corrected chi connectivity index (χ1v) is 7.29. The lowest BCUT2D eigenvalue weighted by Crippen LogP contribution is -2.05. The van der Waals surface area contributed by atoms with E-state index in [4.69, 9.17) is 9.26 Å². The molecule has 0 bridgehead atoms. The highest BCUT2D eigenvalue weighted by molar-refractivity contribution is 5.53. The molecular formula is C15H17N3O2. The van der Waals surface area contributed by atoms with Gasteiger partial charge in [-0.05, 0) is 43.7 Å². The molecule has 1 saturated heterocycles. The van der Waals surface area contributed by atoms with Gasteiger partial charge in [0.25, 0.3) is 5.89 Å². The van der Waals surface area contributed by atoms with Crippen molar-refractivity contribution in [1.82, 2.24) is 15.1 Å². The summed E-state index contributed by atoms with van der Waals surface area (Å²) in [5.41, 5.74) is 3.49. The first-order chi connectivity index (χ1) is 9.90. The molecule has 0 amide bonds. The summed E-state index contributed by atoms with van der Waals surface area (Å²) >= 11 is 0. The molecule has 1 aliphatic heterocycles. The molecule has 2 aromatic rings. The van der Waals surface area contributed by atoms with Gasteiger partial charge in [0.15, 0.2) is 5.82 Å². The minimum absolute atomic E-state index is 0.276. The Morgan fingerprint density at radius 3 is 3.05 bits per heavy atom. The van der Waals surface area contributed by atoms with E-state index >= 15 is 0 Å². The minimum atomic E-state index is 0.276. The van der Waals surface area contributed by atoms with Crippen LogP contribution in [0, 0.1) is 0 Å². The van der Waals surface area contributed by atoms with Crippen LogP contribution in [0.25, 0.3) is 11.5 Å². The molecule has 1 fully saturated rings. The molecule has 1 unspecified atom stereocenters. The molecule has 1 atom stereocenters. The zero-order chi connectivity index (χ0) is 13.4. The third kappa shape index (κ3) is 2.12. The van der Waals surface area contributed by atoms with Crippen LogP contribution in [0.5, 0.6) is 0 Å². The van der Waals surface area contributed by atoms with Gasteiger partial charge >= 0.3 is 0 Å². The third-order valence-corrected chi connectivity index (χ3v) is 4.15. The van der Waals surface area contributed by atoms with Crippen LogP contribution >= 0.6 is 0 Å². The first-order valence-electron chi connectivity index (χ1n) is 7.29. The Morgan fingerprint density at radius 1 is 1.20 bits per heavy atom. The molecule has 104 valence electrons. The van der Waals surface area contributed by atoms with Crippen molar-refractivity contribution in [3.8, 4) is 11.5 Å². The average molecular weight is 271 g/mol. The zero-order valence-corrected chi connectivity index (χ0v) is 11.3. The molecule has 3 heterocycles. The summed E-state index contributed by atoms with van der Waals surface area (Å²) in [6, 6.07) is 2.16. The van der Waals surface area contributed by atoms with Crippen molar-refractivity contribution in [2.75, 3.05) is 13.2 Å². The largest absolute Gasteiger partial charge is 0.381 e. The van der Waals surface area contributed by atoms with Crippen LogP contribution in [0.2, 0.25) is 0 Å². The van der Waals surface area contributed by atoms with Gasteiger partial charge in [-0.1, -0.05) is 5.16 Å². The number of aryl methyl sites for hydroxylation is 2. The summed E-state index contributed by atoms with van der Waals surface area (Å²) in [6.07, 6.45) is 7.50. The molecular weight excluding hydrogens is 254 g/mol. The molecule has 0 N–H and O–H groups in total. The van der Waals surface area contributed by atoms with Crippen LogP contribution < -0.4 is 0 Å². The van der Waals surface area contributed by atoms with E-state index in [1.807, 2.05) is 6.20 Å². The number of ether oxygens (including phenoxy) is 1. The monoisotopic (exact) mass is 271 g/mol. The Labute approximate surface area is 117 Å². The van der Waals surface area contributed by atoms with Gasteiger partial charge in [0.2, 0.25) is 0 Å². The summed E-state index contributed by atoms with van der Waals surface area (Å²) in [6.45, 7) is 1.48. The van der Waals surface area contributed by atoms with Gasteiger partial charge in [-0.25, -0.2) is 0 Å². The Bertz CT molecular complexity index is 617. The maximum absolute atomic E-state index is 5.40. The molecule has 0 spiro atoms. The van der Waals surface area contributed by atoms with Crippen LogP contribution in [-0.2, 0) is 17.6 Å². The van der Waals surface area contributed by atoms with E-state index < -0.39 is 0 Å². The highest BCUT2D eigenvalue weighted by Gasteiger charge is 2.24. The minimum Gasteiger partial charge on any atom is -0.381 e. The summed E-state index contributed by atoms with van der Waals surface area (Å²) < 4.78 is 10.8. The summed E-state index contributed by atoms with van der Waals surface area (Å²) in [7, 11) is 0. The van der Waals surface area contributed by atoms with Gasteiger partial charge in [0.1, 0.15) is 0 Å². The van der Waals surface area contributed by atoms with E-state index in [0.29, 0.717) is 12.5 Å². The topological polar surface area (TPSA) is 61.0 Å². The fraction of sp³-hybridized carbons (Fsp3) is 0.533. The van der Waals surface area contributed by atoms with Gasteiger partial charge in [0.05, 0.1) is 12.2 Å². The van der Waals surface area contributed by atoms with Crippen LogP contribution in [0.4, 0.5) is 0 Å². The Balaban J connectivity index is 1.63. The number of pyridine rings is 1. The summed E-state index contributed by atoms with van der Waals surface area (Å²) in [5, 5.41) is 4.09. The smallest absolute Gasteiger partial charge is 0.259 e. The molecule has 0 radical (unpaired) electrons. The Hall–Kier alpha value is -1.75. The van der Waals surface area contributed by atoms with Crippen molar-refractivity contribution in [2.45, 2.75) is 38.0 Å². The third-order valence-electron chi connectivity index (χ3n) is 4.15. The number of hydrogen-bond acceptors (Lipinski definition) is 5. The number of rotatable bonds is 2. The second-order valence-corrected chi connectivity index (χ2v) is 5.56. The van der Waals surface area contributed by atoms with E-state index in [2.05, 4.69) is 21.2 Å². The number of fused-ring (bicyclic) bond motifs is 1. The quantitative estimate of drug-likeness (QED) is 0.840. The fourth-order valence-corrected chi connectivity index (χ4v) is 2.96. The van der Waals surface area contributed by atoms with E-state index in [1.54, 1.807) is 0 Å². The van der Waals surface area contributed by atoms with Gasteiger partial charge in [-0.15, -0.1) is 0 Å². The molecule has 4 rings (SSSR count). The molecule has 0 saturated carbocycles. The van der Waals surface area contributed by atoms with E-state index in [-0.39, 0.29) is 5.92 Å². The second kappa shape index (κ2) is 4.98. The Morgan fingerprint density at radius 2 is 2.15 bits per heavy atom. The lowest BCUT2D eigenvalue weighted by Gasteiger charge is -2.14. The standard InChI is InChI=1S/C15H17N3O2/c1-2-4-13-10(3-1)7-12(8-16-13)15-17-14(18-20-15)11-5-6-19-9-11/h7-8,11H,1-6,9H2. The van der Waals surface area contributed by atoms with Crippen molar-refractivity contribution in [3.63, 3.8) is 0 Å². The maximum atomic E-state index is 5.40. The predicted molar refractivity (Wildman–Crippen MR) is 72.3 cm³/mol. The average Bonchev–Trinajstić information content (AvgIpc) is 3.17. The van der Waals surface area contributed by atoms with Crippen LogP contribution in [-0.4, -0.2) is 28.3 Å². The maximum Gasteiger partial charge on any atom is 0.259 e.